The van der Waals surface area contributed by atoms with Crippen LogP contribution in [0, 0.1) is 7.05 Å². The Morgan fingerprint density at radius 1 is 1.13 bits per heavy atom. The average molecular weight is 310 g/mol. The van der Waals surface area contributed by atoms with Crippen molar-refractivity contribution in [3.05, 3.63) is 78.7 Å². The molecule has 118 valence electrons. The molecule has 5 N–H and O–H groups in total. The van der Waals surface area contributed by atoms with Gasteiger partial charge in [0.05, 0.1) is 0 Å². The number of hydrogen-bond donors (Lipinski definition) is 4. The van der Waals surface area contributed by atoms with Crippen LogP contribution in [0.1, 0.15) is 11.1 Å². The van der Waals surface area contributed by atoms with Crippen LogP contribution in [0.15, 0.2) is 60.5 Å². The molecule has 0 unspecified atom stereocenters. The highest BCUT2D eigenvalue weighted by molar-refractivity contribution is 5.96. The largest absolute Gasteiger partial charge is 0.503 e. The Morgan fingerprint density at radius 2 is 1.87 bits per heavy atom. The molecule has 0 radical (unpaired) electrons. The first-order chi connectivity index (χ1) is 11.1. The molecule has 5 nitrogen and oxygen atoms in total. The summed E-state index contributed by atoms with van der Waals surface area (Å²) < 4.78 is 0. The maximum absolute atomic E-state index is 11.9. The molecule has 0 bridgehead atoms. The molecule has 0 saturated carbocycles. The van der Waals surface area contributed by atoms with E-state index >= 15 is 0 Å². The lowest BCUT2D eigenvalue weighted by atomic mass is 10.1. The minimum absolute atomic E-state index is 0.0333. The third-order valence-electron chi connectivity index (χ3n) is 3.14. The molecule has 1 amide bonds. The first-order valence-electron chi connectivity index (χ1n) is 6.99. The third-order valence-corrected chi connectivity index (χ3v) is 3.14. The molecule has 2 aromatic rings. The molecule has 0 fully saturated rings. The van der Waals surface area contributed by atoms with E-state index in [9.17, 15) is 15.0 Å². The van der Waals surface area contributed by atoms with Crippen molar-refractivity contribution >= 4 is 23.7 Å². The van der Waals surface area contributed by atoms with Crippen LogP contribution < -0.4 is 10.6 Å². The summed E-state index contributed by atoms with van der Waals surface area (Å²) in [6.07, 6.45) is 4.45. The smallest absolute Gasteiger partial charge is 0.290 e. The second-order valence-electron chi connectivity index (χ2n) is 4.73. The molecule has 2 rings (SSSR count). The first kappa shape index (κ1) is 16.3. The van der Waals surface area contributed by atoms with Crippen LogP contribution in [0.5, 0.6) is 5.75 Å². The predicted octanol–water partition coefficient (Wildman–Crippen LogP) is 2.06. The lowest BCUT2D eigenvalue weighted by Gasteiger charge is -2.07. The zero-order chi connectivity index (χ0) is 16.7. The van der Waals surface area contributed by atoms with Crippen LogP contribution in [0.3, 0.4) is 0 Å². The Kier molecular flexibility index (Phi) is 5.55. The summed E-state index contributed by atoms with van der Waals surface area (Å²) in [5.41, 5.74) is 1.88. The number of amides is 1. The number of nitrogens with two attached hydrogens (primary N) is 1. The zero-order valence-electron chi connectivity index (χ0n) is 12.4. The number of aliphatic hydroxyl groups is 1. The van der Waals surface area contributed by atoms with E-state index in [1.54, 1.807) is 18.2 Å². The van der Waals surface area contributed by atoms with Crippen molar-refractivity contribution in [2.75, 3.05) is 0 Å². The van der Waals surface area contributed by atoms with Gasteiger partial charge >= 0.3 is 0 Å². The monoisotopic (exact) mass is 310 g/mol. The van der Waals surface area contributed by atoms with Gasteiger partial charge in [-0.05, 0) is 29.8 Å². The third kappa shape index (κ3) is 4.46. The Bertz CT molecular complexity index is 737. The highest BCUT2D eigenvalue weighted by Crippen LogP contribution is 2.24. The van der Waals surface area contributed by atoms with E-state index in [4.69, 9.17) is 0 Å². The van der Waals surface area contributed by atoms with Crippen LogP contribution in [-0.4, -0.2) is 16.1 Å². The quantitative estimate of drug-likeness (QED) is 0.224. The van der Waals surface area contributed by atoms with Crippen molar-refractivity contribution in [3.63, 3.8) is 0 Å². The standard InChI is InChI=1S/C18H18N2O3/c1-19-17-14(8-5-9-15(17)21)12-16(22)18(23)20-11-10-13-6-3-2-4-7-13/h2-12,21-22H,1,19H2,(H,20,23). The highest BCUT2D eigenvalue weighted by atomic mass is 16.3. The maximum Gasteiger partial charge on any atom is 0.290 e. The number of nitrogens with one attached hydrogen (secondary N) is 1. The van der Waals surface area contributed by atoms with Gasteiger partial charge in [-0.25, -0.2) is 0 Å². The van der Waals surface area contributed by atoms with Crippen LogP contribution in [0.25, 0.3) is 12.2 Å². The summed E-state index contributed by atoms with van der Waals surface area (Å²) in [5.74, 6) is -1.07. The normalized spacial score (nSPS) is 11.6. The molecule has 0 aromatic heterocycles. The lowest BCUT2D eigenvalue weighted by Crippen LogP contribution is -2.70. The fourth-order valence-corrected chi connectivity index (χ4v) is 1.98. The molecule has 0 saturated heterocycles. The van der Waals surface area contributed by atoms with E-state index in [1.807, 2.05) is 30.3 Å². The van der Waals surface area contributed by atoms with Crippen molar-refractivity contribution in [1.82, 2.24) is 5.32 Å². The number of quaternary nitrogens is 1. The molecule has 23 heavy (non-hydrogen) atoms. The molecule has 0 spiro atoms. The summed E-state index contributed by atoms with van der Waals surface area (Å²) in [7, 11) is 3.61. The number of rotatable bonds is 5. The van der Waals surface area contributed by atoms with Crippen LogP contribution >= 0.6 is 0 Å². The molecule has 0 heterocycles. The predicted molar refractivity (Wildman–Crippen MR) is 89.3 cm³/mol. The summed E-state index contributed by atoms with van der Waals surface area (Å²) in [4.78, 5) is 11.9. The van der Waals surface area contributed by atoms with Crippen molar-refractivity contribution in [3.8, 4) is 5.75 Å². The van der Waals surface area contributed by atoms with Gasteiger partial charge in [-0.1, -0.05) is 36.4 Å². The molecule has 0 aliphatic heterocycles. The molecule has 2 aromatic carbocycles. The van der Waals surface area contributed by atoms with E-state index in [0.717, 1.165) is 5.56 Å². The van der Waals surface area contributed by atoms with Crippen molar-refractivity contribution in [2.45, 2.75) is 0 Å². The fraction of sp³-hybridized carbons (Fsp3) is 0. The number of para-hydroxylation sites is 1. The minimum atomic E-state index is -0.643. The second-order valence-corrected chi connectivity index (χ2v) is 4.73. The van der Waals surface area contributed by atoms with E-state index in [0.29, 0.717) is 11.3 Å². The fourth-order valence-electron chi connectivity index (χ4n) is 1.98. The van der Waals surface area contributed by atoms with Gasteiger partial charge in [0.2, 0.25) is 0 Å². The number of benzene rings is 2. The van der Waals surface area contributed by atoms with Gasteiger partial charge < -0.3 is 20.8 Å². The summed E-state index contributed by atoms with van der Waals surface area (Å²) >= 11 is 0. The first-order valence-corrected chi connectivity index (χ1v) is 6.99. The number of carbonyl (C=O) groups is 1. The Labute approximate surface area is 134 Å². The average Bonchev–Trinajstić information content (AvgIpc) is 2.56. The van der Waals surface area contributed by atoms with Crippen LogP contribution in [-0.2, 0) is 4.79 Å². The summed E-state index contributed by atoms with van der Waals surface area (Å²) in [6.45, 7) is 0. The molecular weight excluding hydrogens is 292 g/mol. The number of phenols is 1. The van der Waals surface area contributed by atoms with Gasteiger partial charge in [0, 0.05) is 11.8 Å². The van der Waals surface area contributed by atoms with E-state index in [2.05, 4.69) is 12.4 Å². The highest BCUT2D eigenvalue weighted by Gasteiger charge is 2.10. The van der Waals surface area contributed by atoms with Gasteiger partial charge in [-0.3, -0.25) is 4.79 Å². The second kappa shape index (κ2) is 7.82. The van der Waals surface area contributed by atoms with Crippen molar-refractivity contribution in [1.29, 1.82) is 0 Å². The topological polar surface area (TPSA) is 86.2 Å². The molecule has 0 aliphatic carbocycles. The number of aliphatic hydroxyl groups excluding tert-OH is 1. The SMILES string of the molecule is [CH2-][NH2+]c1c(O)cccc1C=C(O)C(=O)NC=Cc1ccccc1. The van der Waals surface area contributed by atoms with Gasteiger partial charge in [0.25, 0.3) is 5.91 Å². The minimum Gasteiger partial charge on any atom is -0.503 e. The van der Waals surface area contributed by atoms with Crippen LogP contribution in [0.2, 0.25) is 0 Å². The van der Waals surface area contributed by atoms with E-state index in [-0.39, 0.29) is 5.75 Å². The Morgan fingerprint density at radius 3 is 2.57 bits per heavy atom. The maximum atomic E-state index is 11.9. The number of phenolic OH excluding ortho intramolecular Hbond substituents is 1. The van der Waals surface area contributed by atoms with Crippen molar-refractivity contribution in [2.24, 2.45) is 0 Å². The van der Waals surface area contributed by atoms with Gasteiger partial charge in [-0.2, -0.15) is 0 Å². The van der Waals surface area contributed by atoms with Crippen molar-refractivity contribution < 1.29 is 20.3 Å². The number of hydrogen-bond acceptors (Lipinski definition) is 3. The zero-order valence-corrected chi connectivity index (χ0v) is 12.4. The summed E-state index contributed by atoms with van der Waals surface area (Å²) in [5, 5.41) is 23.5. The van der Waals surface area contributed by atoms with E-state index in [1.165, 1.54) is 23.7 Å². The Balaban J connectivity index is 2.08. The van der Waals surface area contributed by atoms with Gasteiger partial charge in [0.15, 0.2) is 17.2 Å². The van der Waals surface area contributed by atoms with Gasteiger partial charge in [-0.15, -0.1) is 7.05 Å². The molecule has 0 atom stereocenters. The number of carbonyl (C=O) groups excluding carboxylic acids is 1. The summed E-state index contributed by atoms with van der Waals surface area (Å²) in [6, 6.07) is 14.2. The van der Waals surface area contributed by atoms with Crippen LogP contribution in [0.4, 0.5) is 5.69 Å². The molecule has 5 heteroatoms. The van der Waals surface area contributed by atoms with E-state index < -0.39 is 11.7 Å². The number of aromatic hydroxyl groups is 1. The lowest BCUT2D eigenvalue weighted by molar-refractivity contribution is -0.505. The molecular formula is C18H18N2O3. The molecule has 0 aliphatic rings. The Hall–Kier alpha value is -3.05. The van der Waals surface area contributed by atoms with Gasteiger partial charge in [0.1, 0.15) is 0 Å².